The third kappa shape index (κ3) is 3.80. The van der Waals surface area contributed by atoms with Crippen LogP contribution in [0.5, 0.6) is 0 Å². The van der Waals surface area contributed by atoms with Crippen LogP contribution >= 0.6 is 0 Å². The second kappa shape index (κ2) is 6.73. The van der Waals surface area contributed by atoms with Gasteiger partial charge in [0.25, 0.3) is 9.84 Å². The van der Waals surface area contributed by atoms with Gasteiger partial charge in [0, 0.05) is 32.1 Å². The zero-order valence-corrected chi connectivity index (χ0v) is 15.6. The molecule has 0 atom stereocenters. The van der Waals surface area contributed by atoms with Crippen molar-refractivity contribution in [3.63, 3.8) is 0 Å². The van der Waals surface area contributed by atoms with Crippen molar-refractivity contribution in [3.05, 3.63) is 24.4 Å². The number of nitrogens with zero attached hydrogens (tertiary/aromatic N) is 2. The van der Waals surface area contributed by atoms with E-state index in [1.54, 1.807) is 20.8 Å². The van der Waals surface area contributed by atoms with Gasteiger partial charge in [-0.25, -0.2) is 18.2 Å². The van der Waals surface area contributed by atoms with Crippen LogP contribution in [0.1, 0.15) is 33.6 Å². The van der Waals surface area contributed by atoms with Gasteiger partial charge < -0.3 is 14.7 Å². The quantitative estimate of drug-likeness (QED) is 0.847. The minimum atomic E-state index is -5.19. The zero-order valence-electron chi connectivity index (χ0n) is 14.8. The Morgan fingerprint density at radius 3 is 2.31 bits per heavy atom. The first-order valence-electron chi connectivity index (χ1n) is 8.04. The van der Waals surface area contributed by atoms with E-state index in [0.717, 1.165) is 12.3 Å². The second-order valence-electron chi connectivity index (χ2n) is 7.19. The fourth-order valence-corrected chi connectivity index (χ4v) is 3.99. The molecule has 0 aliphatic carbocycles. The lowest BCUT2D eigenvalue weighted by Gasteiger charge is -2.41. The Kier molecular flexibility index (Phi) is 5.31. The summed E-state index contributed by atoms with van der Waals surface area (Å²) in [4.78, 5) is 16.6. The number of ether oxygens (including phenoxy) is 1. The monoisotopic (exact) mass is 392 g/mol. The number of amides is 1. The molecule has 1 saturated heterocycles. The second-order valence-corrected chi connectivity index (χ2v) is 9.13. The molecule has 1 N–H and O–H groups in total. The number of halogens is 2. The predicted octanol–water partition coefficient (Wildman–Crippen LogP) is 2.21. The van der Waals surface area contributed by atoms with Gasteiger partial charge in [-0.2, -0.15) is 8.78 Å². The van der Waals surface area contributed by atoms with Gasteiger partial charge in [0.1, 0.15) is 11.2 Å². The molecular formula is C16H22F2N2O5S. The minimum Gasteiger partial charge on any atom is -0.444 e. The smallest absolute Gasteiger partial charge is 0.410 e. The molecule has 1 fully saturated rings. The molecule has 0 bridgehead atoms. The minimum absolute atomic E-state index is 0.251. The fourth-order valence-electron chi connectivity index (χ4n) is 2.56. The molecule has 1 aromatic rings. The lowest BCUT2D eigenvalue weighted by Crippen LogP contribution is -2.59. The van der Waals surface area contributed by atoms with Crippen LogP contribution in [-0.2, 0) is 14.6 Å². The van der Waals surface area contributed by atoms with Crippen molar-refractivity contribution >= 4 is 15.9 Å². The van der Waals surface area contributed by atoms with E-state index in [-0.39, 0.29) is 13.1 Å². The summed E-state index contributed by atoms with van der Waals surface area (Å²) in [5, 5.41) is 5.13. The summed E-state index contributed by atoms with van der Waals surface area (Å²) in [6, 6.07) is 3.61. The van der Waals surface area contributed by atoms with Crippen molar-refractivity contribution in [2.75, 3.05) is 13.1 Å². The van der Waals surface area contributed by atoms with Crippen LogP contribution in [0.15, 0.2) is 29.4 Å². The van der Waals surface area contributed by atoms with Gasteiger partial charge in [-0.05, 0) is 32.9 Å². The van der Waals surface area contributed by atoms with E-state index in [9.17, 15) is 27.1 Å². The van der Waals surface area contributed by atoms with E-state index in [2.05, 4.69) is 4.98 Å². The lowest BCUT2D eigenvalue weighted by atomic mass is 9.92. The van der Waals surface area contributed by atoms with Crippen molar-refractivity contribution in [2.45, 2.75) is 55.1 Å². The van der Waals surface area contributed by atoms with Crippen molar-refractivity contribution in [3.8, 4) is 0 Å². The van der Waals surface area contributed by atoms with Crippen LogP contribution in [0.4, 0.5) is 13.6 Å². The number of carbonyl (C=O) groups excluding carboxylic acids is 1. The maximum Gasteiger partial charge on any atom is 0.410 e. The first-order valence-corrected chi connectivity index (χ1v) is 9.52. The molecular weight excluding hydrogens is 370 g/mol. The van der Waals surface area contributed by atoms with Crippen molar-refractivity contribution < 1.29 is 31.8 Å². The molecule has 146 valence electrons. The molecule has 0 saturated carbocycles. The Hall–Kier alpha value is -1.81. The number of sulfone groups is 1. The third-order valence-electron chi connectivity index (χ3n) is 4.03. The van der Waals surface area contributed by atoms with Gasteiger partial charge in [0.2, 0.25) is 0 Å². The van der Waals surface area contributed by atoms with Crippen LogP contribution in [0.3, 0.4) is 0 Å². The average Bonchev–Trinajstić information content (AvgIpc) is 2.54. The summed E-state index contributed by atoms with van der Waals surface area (Å²) < 4.78 is 59.2. The number of carbonyl (C=O) groups is 1. The van der Waals surface area contributed by atoms with E-state index in [1.165, 1.54) is 17.0 Å². The van der Waals surface area contributed by atoms with Gasteiger partial charge in [-0.1, -0.05) is 6.07 Å². The molecule has 0 aromatic carbocycles. The number of piperidine rings is 1. The molecule has 26 heavy (non-hydrogen) atoms. The standard InChI is InChI=1S/C16H22F2N2O5S/c1-14(2,3)25-13(21)20-10-7-15(22,8-11-20)16(17,18)26(23,24)12-6-4-5-9-19-12/h4-6,9,22H,7-8,10-11H2,1-3H3. The number of rotatable bonds is 3. The molecule has 7 nitrogen and oxygen atoms in total. The Morgan fingerprint density at radius 2 is 1.85 bits per heavy atom. The summed E-state index contributed by atoms with van der Waals surface area (Å²) in [7, 11) is -5.19. The Balaban J connectivity index is 2.18. The van der Waals surface area contributed by atoms with E-state index in [0.29, 0.717) is 0 Å². The molecule has 2 heterocycles. The van der Waals surface area contributed by atoms with Crippen LogP contribution in [0, 0.1) is 0 Å². The largest absolute Gasteiger partial charge is 0.444 e. The number of aromatic nitrogens is 1. The summed E-state index contributed by atoms with van der Waals surface area (Å²) in [6.07, 6.45) is -0.829. The highest BCUT2D eigenvalue weighted by Gasteiger charge is 2.63. The van der Waals surface area contributed by atoms with Crippen molar-refractivity contribution in [1.29, 1.82) is 0 Å². The predicted molar refractivity (Wildman–Crippen MR) is 88.4 cm³/mol. The maximum absolute atomic E-state index is 14.7. The van der Waals surface area contributed by atoms with Gasteiger partial charge in [-0.3, -0.25) is 0 Å². The molecule has 2 rings (SSSR count). The normalized spacial score (nSPS) is 18.5. The fraction of sp³-hybridized carbons (Fsp3) is 0.625. The number of hydrogen-bond donors (Lipinski definition) is 1. The lowest BCUT2D eigenvalue weighted by molar-refractivity contribution is -0.151. The van der Waals surface area contributed by atoms with Gasteiger partial charge in [0.15, 0.2) is 5.03 Å². The number of aliphatic hydroxyl groups is 1. The highest BCUT2D eigenvalue weighted by Crippen LogP contribution is 2.43. The van der Waals surface area contributed by atoms with Gasteiger partial charge in [-0.15, -0.1) is 0 Å². The molecule has 0 unspecified atom stereocenters. The molecule has 1 aliphatic heterocycles. The van der Waals surface area contributed by atoms with Gasteiger partial charge >= 0.3 is 11.3 Å². The van der Waals surface area contributed by atoms with Crippen LogP contribution in [0.25, 0.3) is 0 Å². The van der Waals surface area contributed by atoms with E-state index < -0.39 is 50.3 Å². The first-order chi connectivity index (χ1) is 11.8. The number of alkyl halides is 2. The highest BCUT2D eigenvalue weighted by molar-refractivity contribution is 7.92. The maximum atomic E-state index is 14.7. The Labute approximate surface area is 150 Å². The molecule has 0 spiro atoms. The summed E-state index contributed by atoms with van der Waals surface area (Å²) >= 11 is 0. The zero-order chi connectivity index (χ0) is 19.8. The first kappa shape index (κ1) is 20.5. The molecule has 10 heteroatoms. The SMILES string of the molecule is CC(C)(C)OC(=O)N1CCC(O)(C(F)(F)S(=O)(=O)c2ccccn2)CC1. The average molecular weight is 392 g/mol. The third-order valence-corrected chi connectivity index (χ3v) is 5.88. The van der Waals surface area contributed by atoms with E-state index in [4.69, 9.17) is 4.74 Å². The summed E-state index contributed by atoms with van der Waals surface area (Å²) in [6.45, 7) is 4.49. The number of pyridine rings is 1. The highest BCUT2D eigenvalue weighted by atomic mass is 32.2. The van der Waals surface area contributed by atoms with Crippen molar-refractivity contribution in [1.82, 2.24) is 9.88 Å². The molecule has 0 radical (unpaired) electrons. The van der Waals surface area contributed by atoms with E-state index >= 15 is 0 Å². The Morgan fingerprint density at radius 1 is 1.27 bits per heavy atom. The summed E-state index contributed by atoms with van der Waals surface area (Å²) in [5.41, 5.74) is -3.56. The number of hydrogen-bond acceptors (Lipinski definition) is 6. The van der Waals surface area contributed by atoms with Crippen LogP contribution in [-0.4, -0.2) is 59.0 Å². The van der Waals surface area contributed by atoms with Crippen molar-refractivity contribution in [2.24, 2.45) is 0 Å². The Bertz CT molecular complexity index is 755. The number of likely N-dealkylation sites (tertiary alicyclic amines) is 1. The molecule has 1 amide bonds. The van der Waals surface area contributed by atoms with Gasteiger partial charge in [0.05, 0.1) is 0 Å². The van der Waals surface area contributed by atoms with Crippen LogP contribution < -0.4 is 0 Å². The molecule has 1 aliphatic rings. The summed E-state index contributed by atoms with van der Waals surface area (Å²) in [5.74, 6) is 0. The van der Waals surface area contributed by atoms with E-state index in [1.807, 2.05) is 0 Å². The topological polar surface area (TPSA) is 96.8 Å². The molecule has 1 aromatic heterocycles. The van der Waals surface area contributed by atoms with Crippen LogP contribution in [0.2, 0.25) is 0 Å².